The van der Waals surface area contributed by atoms with E-state index in [-0.39, 0.29) is 16.8 Å². The van der Waals surface area contributed by atoms with Crippen LogP contribution in [0.25, 0.3) is 11.0 Å². The van der Waals surface area contributed by atoms with Crippen molar-refractivity contribution in [3.05, 3.63) is 86.2 Å². The van der Waals surface area contributed by atoms with Gasteiger partial charge in [0, 0.05) is 0 Å². The number of fused-ring (bicyclic) bond motifs is 2. The number of nitrogens with zero attached hydrogens (tertiary/aromatic N) is 3. The number of esters is 1. The first kappa shape index (κ1) is 19.1. The van der Waals surface area contributed by atoms with Gasteiger partial charge in [-0.05, 0) is 36.8 Å². The molecule has 31 heavy (non-hydrogen) atoms. The first-order chi connectivity index (χ1) is 15.0. The average Bonchev–Trinajstić information content (AvgIpc) is 3.34. The van der Waals surface area contributed by atoms with Gasteiger partial charge in [0.25, 0.3) is 5.91 Å². The van der Waals surface area contributed by atoms with Crippen LogP contribution in [0, 0.1) is 6.92 Å². The van der Waals surface area contributed by atoms with Gasteiger partial charge < -0.3 is 9.15 Å². The van der Waals surface area contributed by atoms with E-state index in [1.807, 2.05) is 0 Å². The van der Waals surface area contributed by atoms with Crippen LogP contribution < -0.4 is 10.3 Å². The zero-order valence-electron chi connectivity index (χ0n) is 16.5. The lowest BCUT2D eigenvalue weighted by Gasteiger charge is -2.22. The van der Waals surface area contributed by atoms with Crippen molar-refractivity contribution in [3.8, 4) is 0 Å². The fourth-order valence-corrected chi connectivity index (χ4v) is 4.45. The molecule has 9 heteroatoms. The molecule has 1 unspecified atom stereocenters. The third kappa shape index (κ3) is 2.93. The molecule has 0 spiro atoms. The van der Waals surface area contributed by atoms with Crippen molar-refractivity contribution >= 4 is 39.3 Å². The van der Waals surface area contributed by atoms with E-state index in [4.69, 9.17) is 9.15 Å². The maximum atomic E-state index is 13.4. The molecule has 1 atom stereocenters. The Kier molecular flexibility index (Phi) is 4.40. The van der Waals surface area contributed by atoms with Gasteiger partial charge in [-0.1, -0.05) is 35.6 Å². The number of hydrogen-bond acceptors (Lipinski definition) is 8. The number of anilines is 1. The molecule has 2 aromatic heterocycles. The Bertz CT molecular complexity index is 1410. The number of hydrogen-bond donors (Lipinski definition) is 0. The van der Waals surface area contributed by atoms with Gasteiger partial charge in [-0.2, -0.15) is 0 Å². The summed E-state index contributed by atoms with van der Waals surface area (Å²) in [4.78, 5) is 40.0. The highest BCUT2D eigenvalue weighted by Gasteiger charge is 2.45. The molecule has 0 saturated carbocycles. The van der Waals surface area contributed by atoms with Gasteiger partial charge in [0.1, 0.15) is 10.6 Å². The summed E-state index contributed by atoms with van der Waals surface area (Å²) in [6.45, 7) is 1.78. The molecule has 0 aliphatic carbocycles. The predicted octanol–water partition coefficient (Wildman–Crippen LogP) is 3.49. The standard InChI is InChI=1S/C22H15N3O5S/c1-11-23-24-22(31-11)25-17(12-7-9-13(10-8-12)21(28)29-2)16-18(26)14-5-3-4-6-15(14)30-19(16)20(25)27/h3-10,17H,1-2H3. The number of carbonyl (C=O) groups excluding carboxylic acids is 2. The molecule has 0 bridgehead atoms. The highest BCUT2D eigenvalue weighted by atomic mass is 32.1. The van der Waals surface area contributed by atoms with Crippen LogP contribution in [0.1, 0.15) is 43.1 Å². The van der Waals surface area contributed by atoms with Gasteiger partial charge in [-0.25, -0.2) is 4.79 Å². The van der Waals surface area contributed by atoms with Crippen molar-refractivity contribution in [1.29, 1.82) is 0 Å². The third-order valence-electron chi connectivity index (χ3n) is 5.15. The first-order valence-electron chi connectivity index (χ1n) is 9.37. The topological polar surface area (TPSA) is 103 Å². The van der Waals surface area contributed by atoms with Crippen molar-refractivity contribution in [1.82, 2.24) is 10.2 Å². The van der Waals surface area contributed by atoms with Crippen LogP contribution in [0.3, 0.4) is 0 Å². The molecule has 3 heterocycles. The SMILES string of the molecule is COC(=O)c1ccc(C2c3c(oc4ccccc4c3=O)C(=O)N2c2nnc(C)s2)cc1. The Morgan fingerprint density at radius 3 is 2.52 bits per heavy atom. The number of rotatable bonds is 3. The molecule has 0 saturated heterocycles. The molecule has 0 fully saturated rings. The molecule has 2 aromatic carbocycles. The fraction of sp³-hybridized carbons (Fsp3) is 0.136. The molecule has 5 rings (SSSR count). The molecular weight excluding hydrogens is 418 g/mol. The summed E-state index contributed by atoms with van der Waals surface area (Å²) in [6.07, 6.45) is 0. The normalized spacial score (nSPS) is 15.4. The molecule has 1 aliphatic heterocycles. The van der Waals surface area contributed by atoms with Gasteiger partial charge in [-0.15, -0.1) is 10.2 Å². The third-order valence-corrected chi connectivity index (χ3v) is 5.98. The second kappa shape index (κ2) is 7.13. The molecule has 0 N–H and O–H groups in total. The maximum absolute atomic E-state index is 13.4. The summed E-state index contributed by atoms with van der Waals surface area (Å²) in [5.74, 6) is -0.953. The lowest BCUT2D eigenvalue weighted by Crippen LogP contribution is -2.29. The largest absolute Gasteiger partial charge is 0.465 e. The van der Waals surface area contributed by atoms with Crippen LogP contribution in [0.2, 0.25) is 0 Å². The monoisotopic (exact) mass is 433 g/mol. The minimum Gasteiger partial charge on any atom is -0.465 e. The van der Waals surface area contributed by atoms with Gasteiger partial charge in [0.15, 0.2) is 5.43 Å². The molecule has 1 aliphatic rings. The second-order valence-electron chi connectivity index (χ2n) is 6.97. The lowest BCUT2D eigenvalue weighted by atomic mass is 9.98. The van der Waals surface area contributed by atoms with E-state index in [1.54, 1.807) is 55.5 Å². The Balaban J connectivity index is 1.75. The van der Waals surface area contributed by atoms with Gasteiger partial charge in [0.2, 0.25) is 10.9 Å². The van der Waals surface area contributed by atoms with E-state index in [2.05, 4.69) is 10.2 Å². The maximum Gasteiger partial charge on any atom is 0.337 e. The van der Waals surface area contributed by atoms with Crippen molar-refractivity contribution in [2.75, 3.05) is 12.0 Å². The Hall–Kier alpha value is -3.85. The van der Waals surface area contributed by atoms with Gasteiger partial charge >= 0.3 is 5.97 Å². The molecule has 0 radical (unpaired) electrons. The molecule has 8 nitrogen and oxygen atoms in total. The van der Waals surface area contributed by atoms with Crippen molar-refractivity contribution in [2.45, 2.75) is 13.0 Å². The predicted molar refractivity (Wildman–Crippen MR) is 114 cm³/mol. The second-order valence-corrected chi connectivity index (χ2v) is 8.13. The first-order valence-corrected chi connectivity index (χ1v) is 10.2. The van der Waals surface area contributed by atoms with Crippen LogP contribution in [0.5, 0.6) is 0 Å². The van der Waals surface area contributed by atoms with Crippen LogP contribution in [-0.2, 0) is 4.74 Å². The number of aryl methyl sites for hydroxylation is 1. The van der Waals surface area contributed by atoms with E-state index < -0.39 is 17.9 Å². The molecule has 1 amide bonds. The van der Waals surface area contributed by atoms with E-state index >= 15 is 0 Å². The number of carbonyl (C=O) groups is 2. The molecule has 4 aromatic rings. The summed E-state index contributed by atoms with van der Waals surface area (Å²) < 4.78 is 10.6. The summed E-state index contributed by atoms with van der Waals surface area (Å²) in [5, 5.41) is 9.57. The van der Waals surface area contributed by atoms with Crippen LogP contribution >= 0.6 is 11.3 Å². The summed E-state index contributed by atoms with van der Waals surface area (Å²) in [5.41, 5.74) is 1.29. The van der Waals surface area contributed by atoms with Crippen LogP contribution in [-0.4, -0.2) is 29.2 Å². The number of methoxy groups -OCH3 is 1. The van der Waals surface area contributed by atoms with Crippen LogP contribution in [0.4, 0.5) is 5.13 Å². The summed E-state index contributed by atoms with van der Waals surface area (Å²) in [7, 11) is 1.30. The van der Waals surface area contributed by atoms with Crippen LogP contribution in [0.15, 0.2) is 57.7 Å². The number of aromatic nitrogens is 2. The summed E-state index contributed by atoms with van der Waals surface area (Å²) in [6, 6.07) is 12.6. The van der Waals surface area contributed by atoms with Crippen molar-refractivity contribution in [3.63, 3.8) is 0 Å². The smallest absolute Gasteiger partial charge is 0.337 e. The zero-order chi connectivity index (χ0) is 21.7. The number of para-hydroxylation sites is 1. The Morgan fingerprint density at radius 2 is 1.84 bits per heavy atom. The Labute approximate surface area is 179 Å². The molecular formula is C22H15N3O5S. The number of ether oxygens (including phenoxy) is 1. The minimum absolute atomic E-state index is 0.0152. The number of amides is 1. The summed E-state index contributed by atoms with van der Waals surface area (Å²) >= 11 is 1.24. The van der Waals surface area contributed by atoms with Crippen molar-refractivity contribution in [2.24, 2.45) is 0 Å². The Morgan fingerprint density at radius 1 is 1.10 bits per heavy atom. The zero-order valence-corrected chi connectivity index (χ0v) is 17.3. The lowest BCUT2D eigenvalue weighted by molar-refractivity contribution is 0.0600. The average molecular weight is 433 g/mol. The molecule has 154 valence electrons. The van der Waals surface area contributed by atoms with Gasteiger partial charge in [0.05, 0.1) is 29.7 Å². The fourth-order valence-electron chi connectivity index (χ4n) is 3.74. The highest BCUT2D eigenvalue weighted by Crippen LogP contribution is 2.42. The minimum atomic E-state index is -0.762. The number of benzene rings is 2. The highest BCUT2D eigenvalue weighted by molar-refractivity contribution is 7.15. The van der Waals surface area contributed by atoms with Crippen molar-refractivity contribution < 1.29 is 18.7 Å². The van der Waals surface area contributed by atoms with E-state index in [1.165, 1.54) is 23.3 Å². The van der Waals surface area contributed by atoms with E-state index in [0.29, 0.717) is 32.2 Å². The quantitative estimate of drug-likeness (QED) is 0.456. The van der Waals surface area contributed by atoms with E-state index in [9.17, 15) is 14.4 Å². The van der Waals surface area contributed by atoms with Gasteiger partial charge in [-0.3, -0.25) is 14.5 Å². The van der Waals surface area contributed by atoms with E-state index in [0.717, 1.165) is 0 Å².